The number of nitrogens with zero attached hydrogens (tertiary/aromatic N) is 3. The number of nitrogens with two attached hydrogens (primary N) is 1. The summed E-state index contributed by atoms with van der Waals surface area (Å²) in [5.41, 5.74) is 9.60. The number of rotatable bonds is 9. The van der Waals surface area contributed by atoms with Crippen LogP contribution in [0.15, 0.2) is 59.1 Å². The van der Waals surface area contributed by atoms with E-state index >= 15 is 0 Å². The molecule has 0 bridgehead atoms. The second-order valence-electron chi connectivity index (χ2n) is 11.0. The van der Waals surface area contributed by atoms with Crippen molar-refractivity contribution in [2.75, 3.05) is 42.3 Å². The molecular formula is C30H36ClN7O2. The van der Waals surface area contributed by atoms with Crippen molar-refractivity contribution < 1.29 is 9.15 Å². The van der Waals surface area contributed by atoms with Crippen LogP contribution < -0.4 is 21.7 Å². The van der Waals surface area contributed by atoms with Crippen molar-refractivity contribution in [1.29, 1.82) is 0 Å². The van der Waals surface area contributed by atoms with Crippen molar-refractivity contribution in [2.45, 2.75) is 50.1 Å². The fraction of sp³-hybridized carbons (Fsp3) is 0.433. The Kier molecular flexibility index (Phi) is 8.04. The topological polar surface area (TPSA) is 123 Å². The van der Waals surface area contributed by atoms with Crippen LogP contribution in [0, 0.1) is 5.92 Å². The summed E-state index contributed by atoms with van der Waals surface area (Å²) in [6, 6.07) is 16.7. The lowest BCUT2D eigenvalue weighted by molar-refractivity contribution is 0.0574. The van der Waals surface area contributed by atoms with Crippen molar-refractivity contribution in [3.63, 3.8) is 0 Å². The zero-order valence-electron chi connectivity index (χ0n) is 22.5. The van der Waals surface area contributed by atoms with Gasteiger partial charge >= 0.3 is 0 Å². The molecule has 0 atom stereocenters. The summed E-state index contributed by atoms with van der Waals surface area (Å²) in [5, 5.41) is 11.0. The Labute approximate surface area is 239 Å². The van der Waals surface area contributed by atoms with Gasteiger partial charge in [-0.2, -0.15) is 4.98 Å². The lowest BCUT2D eigenvalue weighted by atomic mass is 9.86. The van der Waals surface area contributed by atoms with Gasteiger partial charge in [0.1, 0.15) is 17.2 Å². The molecule has 5 N–H and O–H groups in total. The molecule has 1 aliphatic carbocycles. The Balaban J connectivity index is 1.03. The van der Waals surface area contributed by atoms with Crippen LogP contribution in [0.1, 0.15) is 38.5 Å². The number of para-hydroxylation sites is 2. The summed E-state index contributed by atoms with van der Waals surface area (Å²) in [5.74, 6) is 2.17. The Hall–Kier alpha value is -3.40. The highest BCUT2D eigenvalue weighted by Gasteiger charge is 2.28. The van der Waals surface area contributed by atoms with Gasteiger partial charge in [-0.05, 0) is 74.8 Å². The summed E-state index contributed by atoms with van der Waals surface area (Å²) < 4.78 is 11.3. The molecule has 10 heteroatoms. The van der Waals surface area contributed by atoms with Crippen molar-refractivity contribution in [3.8, 4) is 11.3 Å². The van der Waals surface area contributed by atoms with E-state index in [1.807, 2.05) is 48.5 Å². The number of pyridine rings is 2. The summed E-state index contributed by atoms with van der Waals surface area (Å²) in [6.45, 7) is 2.91. The number of hydrogen-bond acceptors (Lipinski definition) is 9. The molecule has 210 valence electrons. The molecule has 9 nitrogen and oxygen atoms in total. The van der Waals surface area contributed by atoms with Crippen LogP contribution in [-0.4, -0.2) is 52.8 Å². The summed E-state index contributed by atoms with van der Waals surface area (Å²) in [7, 11) is 0. The van der Waals surface area contributed by atoms with Gasteiger partial charge in [0, 0.05) is 49.6 Å². The largest absolute Gasteiger partial charge is 0.424 e. The Morgan fingerprint density at radius 3 is 2.60 bits per heavy atom. The van der Waals surface area contributed by atoms with E-state index < -0.39 is 0 Å². The second kappa shape index (κ2) is 12.0. The van der Waals surface area contributed by atoms with Crippen molar-refractivity contribution in [1.82, 2.24) is 15.0 Å². The number of fused-ring (bicyclic) bond motifs is 1. The molecule has 4 heterocycles. The van der Waals surface area contributed by atoms with Crippen LogP contribution >= 0.6 is 11.6 Å². The zero-order chi connectivity index (χ0) is 27.4. The molecule has 40 heavy (non-hydrogen) atoms. The maximum absolute atomic E-state index is 6.57. The summed E-state index contributed by atoms with van der Waals surface area (Å²) >= 11 is 6.57. The molecule has 1 aliphatic heterocycles. The molecule has 0 radical (unpaired) electrons. The predicted molar refractivity (Wildman–Crippen MR) is 160 cm³/mol. The Bertz CT molecular complexity index is 1400. The molecule has 1 saturated carbocycles. The van der Waals surface area contributed by atoms with Crippen LogP contribution in [0.5, 0.6) is 0 Å². The summed E-state index contributed by atoms with van der Waals surface area (Å²) in [4.78, 5) is 13.9. The van der Waals surface area contributed by atoms with E-state index in [2.05, 4.69) is 25.9 Å². The molecule has 1 saturated heterocycles. The molecule has 4 aromatic rings. The van der Waals surface area contributed by atoms with Gasteiger partial charge in [-0.3, -0.25) is 0 Å². The highest BCUT2D eigenvalue weighted by Crippen LogP contribution is 2.31. The van der Waals surface area contributed by atoms with Gasteiger partial charge in [0.2, 0.25) is 0 Å². The van der Waals surface area contributed by atoms with Gasteiger partial charge in [0.05, 0.1) is 10.7 Å². The molecule has 0 unspecified atom stereocenters. The lowest BCUT2D eigenvalue weighted by Gasteiger charge is -2.33. The van der Waals surface area contributed by atoms with Gasteiger partial charge in [0.15, 0.2) is 5.58 Å². The first-order valence-electron chi connectivity index (χ1n) is 14.1. The third kappa shape index (κ3) is 6.49. The first-order valence-corrected chi connectivity index (χ1v) is 14.5. The van der Waals surface area contributed by atoms with E-state index in [0.717, 1.165) is 79.1 Å². The first-order chi connectivity index (χ1) is 19.5. The van der Waals surface area contributed by atoms with Crippen LogP contribution in [-0.2, 0) is 4.74 Å². The average Bonchev–Trinajstić information content (AvgIpc) is 3.41. The minimum Gasteiger partial charge on any atom is -0.424 e. The van der Waals surface area contributed by atoms with Crippen LogP contribution in [0.2, 0.25) is 5.02 Å². The standard InChI is InChI=1S/C30H36ClN7O2/c31-23-18-33-28(16-22(23)24-5-3-7-27(37-24)35-19-30(32)12-14-39-15-13-30)36-21-10-8-20(9-11-21)17-34-29-38-25-4-1-2-6-26(25)40-29/h1-7,16,18,20-21H,8-15,17,19,32H2,(H,33,36)(H,34,38)(H,35,37). The number of anilines is 3. The highest BCUT2D eigenvalue weighted by molar-refractivity contribution is 6.33. The van der Waals surface area contributed by atoms with E-state index in [1.165, 1.54) is 0 Å². The third-order valence-corrected chi connectivity index (χ3v) is 8.33. The van der Waals surface area contributed by atoms with E-state index in [4.69, 9.17) is 31.5 Å². The van der Waals surface area contributed by atoms with E-state index in [9.17, 15) is 0 Å². The number of hydrogen-bond donors (Lipinski definition) is 4. The normalized spacial score (nSPS) is 20.8. The molecule has 2 fully saturated rings. The minimum absolute atomic E-state index is 0.277. The maximum atomic E-state index is 6.57. The number of aromatic nitrogens is 3. The van der Waals surface area contributed by atoms with Gasteiger partial charge in [-0.15, -0.1) is 0 Å². The van der Waals surface area contributed by atoms with Gasteiger partial charge < -0.3 is 30.8 Å². The number of halogens is 1. The monoisotopic (exact) mass is 561 g/mol. The molecule has 2 aliphatic rings. The number of nitrogens with one attached hydrogen (secondary N) is 3. The smallest absolute Gasteiger partial charge is 0.295 e. The SMILES string of the molecule is NC1(CNc2cccc(-c3cc(NC4CCC(CNc5nc6ccccc6o5)CC4)ncc3Cl)n2)CCOCC1. The highest BCUT2D eigenvalue weighted by atomic mass is 35.5. The average molecular weight is 562 g/mol. The Morgan fingerprint density at radius 1 is 0.950 bits per heavy atom. The fourth-order valence-corrected chi connectivity index (χ4v) is 5.72. The second-order valence-corrected chi connectivity index (χ2v) is 11.4. The van der Waals surface area contributed by atoms with Crippen molar-refractivity contribution in [2.24, 2.45) is 11.7 Å². The van der Waals surface area contributed by atoms with Crippen LogP contribution in [0.3, 0.4) is 0 Å². The van der Waals surface area contributed by atoms with Gasteiger partial charge in [0.25, 0.3) is 6.01 Å². The first kappa shape index (κ1) is 26.8. The maximum Gasteiger partial charge on any atom is 0.295 e. The molecule has 0 spiro atoms. The molecule has 1 aromatic carbocycles. The Morgan fingerprint density at radius 2 is 1.77 bits per heavy atom. The molecule has 0 amide bonds. The number of ether oxygens (including phenoxy) is 1. The van der Waals surface area contributed by atoms with Gasteiger partial charge in [-0.25, -0.2) is 9.97 Å². The quantitative estimate of drug-likeness (QED) is 0.196. The number of benzene rings is 1. The van der Waals surface area contributed by atoms with Gasteiger partial charge in [-0.1, -0.05) is 29.8 Å². The van der Waals surface area contributed by atoms with Crippen molar-refractivity contribution >= 4 is 40.4 Å². The van der Waals surface area contributed by atoms with Crippen LogP contribution in [0.25, 0.3) is 22.4 Å². The molecule has 6 rings (SSSR count). The van der Waals surface area contributed by atoms with E-state index in [-0.39, 0.29) is 5.54 Å². The third-order valence-electron chi connectivity index (χ3n) is 8.03. The predicted octanol–water partition coefficient (Wildman–Crippen LogP) is 5.94. The van der Waals surface area contributed by atoms with E-state index in [1.54, 1.807) is 6.20 Å². The molecular weight excluding hydrogens is 526 g/mol. The van der Waals surface area contributed by atoms with E-state index in [0.29, 0.717) is 42.8 Å². The summed E-state index contributed by atoms with van der Waals surface area (Å²) in [6.07, 6.45) is 7.76. The fourth-order valence-electron chi connectivity index (χ4n) is 5.52. The molecule has 3 aromatic heterocycles. The van der Waals surface area contributed by atoms with Crippen molar-refractivity contribution in [3.05, 3.63) is 59.8 Å². The minimum atomic E-state index is -0.277. The number of oxazole rings is 1. The van der Waals surface area contributed by atoms with Crippen LogP contribution in [0.4, 0.5) is 17.7 Å². The zero-order valence-corrected chi connectivity index (χ0v) is 23.3. The lowest BCUT2D eigenvalue weighted by Crippen LogP contribution is -2.50.